The molecule has 2 rings (SSSR count). The summed E-state index contributed by atoms with van der Waals surface area (Å²) in [6.45, 7) is 4.50. The van der Waals surface area contributed by atoms with Crippen molar-refractivity contribution in [1.29, 1.82) is 0 Å². The van der Waals surface area contributed by atoms with Crippen LogP contribution in [0, 0.1) is 5.92 Å². The minimum atomic E-state index is -0.869. The fourth-order valence-electron chi connectivity index (χ4n) is 2.14. The molecule has 1 N–H and O–H groups in total. The Morgan fingerprint density at radius 2 is 2.40 bits per heavy atom. The van der Waals surface area contributed by atoms with Gasteiger partial charge in [0, 0.05) is 6.20 Å². The number of pyridine rings is 1. The molecule has 2 heterocycles. The highest BCUT2D eigenvalue weighted by Crippen LogP contribution is 2.36. The van der Waals surface area contributed by atoms with Gasteiger partial charge in [-0.05, 0) is 17.5 Å². The summed E-state index contributed by atoms with van der Waals surface area (Å²) < 4.78 is 0. The van der Waals surface area contributed by atoms with E-state index in [1.165, 1.54) is 4.90 Å². The van der Waals surface area contributed by atoms with Gasteiger partial charge in [-0.15, -0.1) is 0 Å². The van der Waals surface area contributed by atoms with Crippen molar-refractivity contribution in [3.05, 3.63) is 29.6 Å². The maximum atomic E-state index is 11.1. The second kappa shape index (κ2) is 3.53. The molecule has 1 aliphatic rings. The monoisotopic (exact) mass is 206 g/mol. The van der Waals surface area contributed by atoms with E-state index < -0.39 is 6.09 Å². The van der Waals surface area contributed by atoms with Crippen LogP contribution >= 0.6 is 0 Å². The Hall–Kier alpha value is -1.58. The van der Waals surface area contributed by atoms with Gasteiger partial charge in [0.25, 0.3) is 0 Å². The normalized spacial score (nSPS) is 19.4. The van der Waals surface area contributed by atoms with E-state index in [4.69, 9.17) is 5.11 Å². The zero-order valence-electron chi connectivity index (χ0n) is 8.84. The molecule has 1 amide bonds. The number of nitrogens with zero attached hydrogens (tertiary/aromatic N) is 2. The number of hydrogen-bond donors (Lipinski definition) is 1. The van der Waals surface area contributed by atoms with E-state index in [-0.39, 0.29) is 12.0 Å². The molecule has 0 saturated carbocycles. The second-order valence-corrected chi connectivity index (χ2v) is 4.15. The van der Waals surface area contributed by atoms with Crippen LogP contribution in [0.5, 0.6) is 0 Å². The smallest absolute Gasteiger partial charge is 0.408 e. The molecule has 4 nitrogen and oxygen atoms in total. The molecule has 4 heteroatoms. The molecule has 1 unspecified atom stereocenters. The van der Waals surface area contributed by atoms with E-state index in [2.05, 4.69) is 4.98 Å². The minimum Gasteiger partial charge on any atom is -0.465 e. The molecule has 1 atom stereocenters. The van der Waals surface area contributed by atoms with Crippen LogP contribution in [0.2, 0.25) is 0 Å². The summed E-state index contributed by atoms with van der Waals surface area (Å²) in [5, 5.41) is 9.10. The van der Waals surface area contributed by atoms with Crippen LogP contribution in [0.3, 0.4) is 0 Å². The topological polar surface area (TPSA) is 53.4 Å². The fraction of sp³-hybridized carbons (Fsp3) is 0.455. The molecule has 1 aromatic rings. The highest BCUT2D eigenvalue weighted by Gasteiger charge is 2.36. The Morgan fingerprint density at radius 3 is 3.00 bits per heavy atom. The Balaban J connectivity index is 2.42. The molecule has 80 valence electrons. The number of carboxylic acid groups (broad SMARTS) is 1. The summed E-state index contributed by atoms with van der Waals surface area (Å²) in [5.74, 6) is 0.247. The maximum absolute atomic E-state index is 11.1. The number of aromatic nitrogens is 1. The summed E-state index contributed by atoms with van der Waals surface area (Å²) in [5.41, 5.74) is 1.94. The van der Waals surface area contributed by atoms with Crippen LogP contribution in [0.4, 0.5) is 4.79 Å². The molecular formula is C11H14N2O2. The van der Waals surface area contributed by atoms with E-state index >= 15 is 0 Å². The summed E-state index contributed by atoms with van der Waals surface area (Å²) in [6.07, 6.45) is 0.853. The molecule has 15 heavy (non-hydrogen) atoms. The first-order valence-corrected chi connectivity index (χ1v) is 5.04. The van der Waals surface area contributed by atoms with Gasteiger partial charge in [-0.25, -0.2) is 4.79 Å². The lowest BCUT2D eigenvalue weighted by molar-refractivity contribution is 0.115. The van der Waals surface area contributed by atoms with Crippen LogP contribution < -0.4 is 0 Å². The standard InChI is InChI=1S/C11H14N2O2/c1-7(2)10-9-8(4-3-5-12-9)6-13(10)11(14)15/h3-5,7,10H,6H2,1-2H3,(H,14,15). The quantitative estimate of drug-likeness (QED) is 0.766. The number of hydrogen-bond acceptors (Lipinski definition) is 2. The van der Waals surface area contributed by atoms with Crippen molar-refractivity contribution >= 4 is 6.09 Å². The van der Waals surface area contributed by atoms with E-state index in [0.717, 1.165) is 11.3 Å². The van der Waals surface area contributed by atoms with Crippen molar-refractivity contribution in [1.82, 2.24) is 9.88 Å². The third-order valence-corrected chi connectivity index (χ3v) is 2.76. The largest absolute Gasteiger partial charge is 0.465 e. The zero-order valence-corrected chi connectivity index (χ0v) is 8.84. The molecule has 1 aliphatic heterocycles. The summed E-state index contributed by atoms with van der Waals surface area (Å²) in [4.78, 5) is 16.8. The summed E-state index contributed by atoms with van der Waals surface area (Å²) in [6, 6.07) is 3.70. The molecule has 0 radical (unpaired) electrons. The SMILES string of the molecule is CC(C)C1c2ncccc2CN1C(=O)O. The lowest BCUT2D eigenvalue weighted by Gasteiger charge is -2.24. The Bertz CT molecular complexity index is 390. The zero-order chi connectivity index (χ0) is 11.0. The van der Waals surface area contributed by atoms with E-state index in [9.17, 15) is 4.79 Å². The molecule has 0 fully saturated rings. The first-order valence-electron chi connectivity index (χ1n) is 5.04. The number of rotatable bonds is 1. The van der Waals surface area contributed by atoms with Gasteiger partial charge in [0.1, 0.15) is 0 Å². The van der Waals surface area contributed by atoms with Crippen LogP contribution in [-0.2, 0) is 6.54 Å². The maximum Gasteiger partial charge on any atom is 0.408 e. The molecule has 1 aromatic heterocycles. The van der Waals surface area contributed by atoms with Crippen molar-refractivity contribution in [2.24, 2.45) is 5.92 Å². The first-order chi connectivity index (χ1) is 7.11. The van der Waals surface area contributed by atoms with Gasteiger partial charge in [0.2, 0.25) is 0 Å². The molecular weight excluding hydrogens is 192 g/mol. The average molecular weight is 206 g/mol. The summed E-state index contributed by atoms with van der Waals surface area (Å²) >= 11 is 0. The number of amides is 1. The molecule has 0 aliphatic carbocycles. The third kappa shape index (κ3) is 1.56. The first kappa shape index (κ1) is 9.96. The van der Waals surface area contributed by atoms with E-state index in [0.29, 0.717) is 6.54 Å². The Kier molecular flexibility index (Phi) is 2.34. The Morgan fingerprint density at radius 1 is 1.67 bits per heavy atom. The molecule has 0 aromatic carbocycles. The molecule has 0 saturated heterocycles. The lowest BCUT2D eigenvalue weighted by atomic mass is 10.0. The van der Waals surface area contributed by atoms with Gasteiger partial charge < -0.3 is 5.11 Å². The van der Waals surface area contributed by atoms with Crippen LogP contribution in [0.25, 0.3) is 0 Å². The third-order valence-electron chi connectivity index (χ3n) is 2.76. The van der Waals surface area contributed by atoms with Crippen LogP contribution in [-0.4, -0.2) is 21.1 Å². The summed E-state index contributed by atoms with van der Waals surface area (Å²) in [7, 11) is 0. The van der Waals surface area contributed by atoms with Gasteiger partial charge in [0.05, 0.1) is 18.3 Å². The van der Waals surface area contributed by atoms with Crippen LogP contribution in [0.1, 0.15) is 31.1 Å². The number of fused-ring (bicyclic) bond motifs is 1. The van der Waals surface area contributed by atoms with Gasteiger partial charge in [-0.3, -0.25) is 9.88 Å². The van der Waals surface area contributed by atoms with Gasteiger partial charge in [-0.2, -0.15) is 0 Å². The van der Waals surface area contributed by atoms with Crippen molar-refractivity contribution in [3.8, 4) is 0 Å². The van der Waals surface area contributed by atoms with Crippen molar-refractivity contribution in [2.45, 2.75) is 26.4 Å². The average Bonchev–Trinajstić information content (AvgIpc) is 2.56. The molecule has 0 spiro atoms. The second-order valence-electron chi connectivity index (χ2n) is 4.15. The fourth-order valence-corrected chi connectivity index (χ4v) is 2.14. The predicted octanol–water partition coefficient (Wildman–Crippen LogP) is 2.27. The van der Waals surface area contributed by atoms with Crippen molar-refractivity contribution < 1.29 is 9.90 Å². The van der Waals surface area contributed by atoms with Crippen molar-refractivity contribution in [2.75, 3.05) is 0 Å². The van der Waals surface area contributed by atoms with Crippen molar-refractivity contribution in [3.63, 3.8) is 0 Å². The lowest BCUT2D eigenvalue weighted by Crippen LogP contribution is -2.30. The Labute approximate surface area is 88.6 Å². The van der Waals surface area contributed by atoms with Gasteiger partial charge in [-0.1, -0.05) is 19.9 Å². The van der Waals surface area contributed by atoms with Gasteiger partial charge in [0.15, 0.2) is 0 Å². The van der Waals surface area contributed by atoms with E-state index in [1.807, 2.05) is 26.0 Å². The minimum absolute atomic E-state index is 0.0984. The highest BCUT2D eigenvalue weighted by atomic mass is 16.4. The van der Waals surface area contributed by atoms with Crippen LogP contribution in [0.15, 0.2) is 18.3 Å². The molecule has 0 bridgehead atoms. The van der Waals surface area contributed by atoms with E-state index in [1.54, 1.807) is 6.20 Å². The predicted molar refractivity (Wildman–Crippen MR) is 55.4 cm³/mol. The highest BCUT2D eigenvalue weighted by molar-refractivity contribution is 5.67. The van der Waals surface area contributed by atoms with Gasteiger partial charge >= 0.3 is 6.09 Å². The number of carbonyl (C=O) groups is 1.